The molecule has 0 saturated carbocycles. The Morgan fingerprint density at radius 3 is 2.78 bits per heavy atom. The molecule has 1 heterocycles. The Balaban J connectivity index is 2.19. The molecule has 1 atom stereocenters. The maximum Gasteiger partial charge on any atom is 0.0777 e. The highest BCUT2D eigenvalue weighted by Crippen LogP contribution is 2.42. The smallest absolute Gasteiger partial charge is 0.0777 e. The molecular weight excluding hydrogens is 262 g/mol. The molecular formula is C15H16ClNS. The number of fused-ring (bicyclic) bond motifs is 1. The molecule has 2 aromatic rings. The van der Waals surface area contributed by atoms with Gasteiger partial charge in [0.1, 0.15) is 0 Å². The van der Waals surface area contributed by atoms with Crippen molar-refractivity contribution in [2.45, 2.75) is 31.2 Å². The van der Waals surface area contributed by atoms with Gasteiger partial charge in [0.25, 0.3) is 0 Å². The van der Waals surface area contributed by atoms with E-state index in [1.807, 2.05) is 11.4 Å². The number of aryl methyl sites for hydroxylation is 1. The molecule has 94 valence electrons. The van der Waals surface area contributed by atoms with Gasteiger partial charge in [-0.1, -0.05) is 42.3 Å². The largest absolute Gasteiger partial charge is 0.317 e. The number of thiophene rings is 1. The van der Waals surface area contributed by atoms with Gasteiger partial charge in [-0.2, -0.15) is 0 Å². The molecule has 3 heteroatoms. The molecule has 3 rings (SSSR count). The third-order valence-corrected chi connectivity index (χ3v) is 5.31. The van der Waals surface area contributed by atoms with Crippen molar-refractivity contribution in [3.8, 4) is 0 Å². The standard InChI is InChI=1S/C15H16ClNS/c16-13-8-10-18-14(13)15(17)9-4-3-6-11-5-1-2-7-12(11)15/h1-2,5,7-8,10H,3-4,6,9,17H2. The number of halogens is 1. The van der Waals surface area contributed by atoms with Crippen LogP contribution < -0.4 is 5.73 Å². The predicted molar refractivity (Wildman–Crippen MR) is 78.3 cm³/mol. The highest BCUT2D eigenvalue weighted by Gasteiger charge is 2.35. The van der Waals surface area contributed by atoms with Crippen molar-refractivity contribution < 1.29 is 0 Å². The predicted octanol–water partition coefficient (Wildman–Crippen LogP) is 4.33. The zero-order valence-electron chi connectivity index (χ0n) is 10.2. The molecule has 18 heavy (non-hydrogen) atoms. The van der Waals surface area contributed by atoms with Crippen molar-refractivity contribution in [1.29, 1.82) is 0 Å². The fourth-order valence-electron chi connectivity index (χ4n) is 2.88. The normalized spacial score (nSPS) is 23.4. The van der Waals surface area contributed by atoms with Gasteiger partial charge in [0, 0.05) is 4.88 Å². The van der Waals surface area contributed by atoms with E-state index in [0.717, 1.165) is 29.2 Å². The molecule has 0 fully saturated rings. The third-order valence-electron chi connectivity index (χ3n) is 3.79. The summed E-state index contributed by atoms with van der Waals surface area (Å²) in [4.78, 5) is 1.11. The van der Waals surface area contributed by atoms with Gasteiger partial charge in [0.2, 0.25) is 0 Å². The van der Waals surface area contributed by atoms with E-state index < -0.39 is 5.54 Å². The molecule has 0 amide bonds. The van der Waals surface area contributed by atoms with Crippen LogP contribution in [0.5, 0.6) is 0 Å². The number of hydrogen-bond acceptors (Lipinski definition) is 2. The number of benzene rings is 1. The van der Waals surface area contributed by atoms with Crippen LogP contribution in [0.25, 0.3) is 0 Å². The summed E-state index contributed by atoms with van der Waals surface area (Å²) in [6.07, 6.45) is 4.46. The summed E-state index contributed by atoms with van der Waals surface area (Å²) in [5.41, 5.74) is 8.99. The van der Waals surface area contributed by atoms with Crippen LogP contribution in [0.1, 0.15) is 35.3 Å². The topological polar surface area (TPSA) is 26.0 Å². The van der Waals surface area contributed by atoms with Crippen molar-refractivity contribution in [1.82, 2.24) is 0 Å². The van der Waals surface area contributed by atoms with Crippen LogP contribution in [0.3, 0.4) is 0 Å². The summed E-state index contributed by atoms with van der Waals surface area (Å²) in [5, 5.41) is 2.83. The first-order chi connectivity index (χ1) is 8.72. The van der Waals surface area contributed by atoms with Crippen LogP contribution in [0, 0.1) is 0 Å². The summed E-state index contributed by atoms with van der Waals surface area (Å²) < 4.78 is 0. The first kappa shape index (κ1) is 12.2. The molecule has 1 unspecified atom stereocenters. The van der Waals surface area contributed by atoms with E-state index in [1.165, 1.54) is 17.5 Å². The van der Waals surface area contributed by atoms with Gasteiger partial charge in [-0.3, -0.25) is 0 Å². The SMILES string of the molecule is NC1(c2sccc2Cl)CCCCc2ccccc21. The van der Waals surface area contributed by atoms with Gasteiger partial charge in [0.05, 0.1) is 10.6 Å². The van der Waals surface area contributed by atoms with E-state index in [1.54, 1.807) is 11.3 Å². The Kier molecular flexibility index (Phi) is 3.18. The van der Waals surface area contributed by atoms with Crippen LogP contribution in [0.4, 0.5) is 0 Å². The van der Waals surface area contributed by atoms with Crippen LogP contribution >= 0.6 is 22.9 Å². The summed E-state index contributed by atoms with van der Waals surface area (Å²) >= 11 is 7.98. The second kappa shape index (κ2) is 4.69. The molecule has 1 aliphatic carbocycles. The number of hydrogen-bond donors (Lipinski definition) is 1. The molecule has 1 aromatic heterocycles. The Bertz CT molecular complexity index is 563. The minimum absolute atomic E-state index is 0.404. The fourth-order valence-corrected chi connectivity index (χ4v) is 4.26. The molecule has 0 aliphatic heterocycles. The molecule has 2 N–H and O–H groups in total. The monoisotopic (exact) mass is 277 g/mol. The van der Waals surface area contributed by atoms with Crippen molar-refractivity contribution in [3.63, 3.8) is 0 Å². The molecule has 1 nitrogen and oxygen atoms in total. The van der Waals surface area contributed by atoms with E-state index in [4.69, 9.17) is 17.3 Å². The van der Waals surface area contributed by atoms with Crippen molar-refractivity contribution in [2.75, 3.05) is 0 Å². The lowest BCUT2D eigenvalue weighted by molar-refractivity contribution is 0.488. The molecule has 0 radical (unpaired) electrons. The Labute approximate surface area is 117 Å². The lowest BCUT2D eigenvalue weighted by atomic mass is 9.84. The lowest BCUT2D eigenvalue weighted by Crippen LogP contribution is -2.37. The Morgan fingerprint density at radius 1 is 1.17 bits per heavy atom. The van der Waals surface area contributed by atoms with Gasteiger partial charge in [-0.15, -0.1) is 11.3 Å². The summed E-state index contributed by atoms with van der Waals surface area (Å²) in [7, 11) is 0. The Hall–Kier alpha value is -0.830. The summed E-state index contributed by atoms with van der Waals surface area (Å²) in [6, 6.07) is 10.5. The van der Waals surface area contributed by atoms with Gasteiger partial charge < -0.3 is 5.73 Å². The molecule has 1 aromatic carbocycles. The van der Waals surface area contributed by atoms with Crippen LogP contribution in [-0.4, -0.2) is 0 Å². The van der Waals surface area contributed by atoms with Gasteiger partial charge in [-0.05, 0) is 41.8 Å². The van der Waals surface area contributed by atoms with E-state index in [2.05, 4.69) is 24.3 Å². The van der Waals surface area contributed by atoms with Crippen molar-refractivity contribution in [2.24, 2.45) is 5.73 Å². The maximum atomic E-state index is 6.76. The average molecular weight is 278 g/mol. The van der Waals surface area contributed by atoms with E-state index in [-0.39, 0.29) is 0 Å². The van der Waals surface area contributed by atoms with Crippen LogP contribution in [0.15, 0.2) is 35.7 Å². The molecule has 0 saturated heterocycles. The minimum atomic E-state index is -0.404. The molecule has 0 bridgehead atoms. The minimum Gasteiger partial charge on any atom is -0.317 e. The Morgan fingerprint density at radius 2 is 2.00 bits per heavy atom. The van der Waals surface area contributed by atoms with E-state index in [0.29, 0.717) is 0 Å². The second-order valence-corrected chi connectivity index (χ2v) is 6.26. The maximum absolute atomic E-state index is 6.76. The zero-order chi connectivity index (χ0) is 12.6. The second-order valence-electron chi connectivity index (χ2n) is 4.93. The molecule has 0 spiro atoms. The van der Waals surface area contributed by atoms with Crippen molar-refractivity contribution in [3.05, 3.63) is 56.7 Å². The highest BCUT2D eigenvalue weighted by molar-refractivity contribution is 7.10. The third kappa shape index (κ3) is 1.89. The highest BCUT2D eigenvalue weighted by atomic mass is 35.5. The average Bonchev–Trinajstić information content (AvgIpc) is 2.74. The van der Waals surface area contributed by atoms with E-state index in [9.17, 15) is 0 Å². The fraction of sp³-hybridized carbons (Fsp3) is 0.333. The summed E-state index contributed by atoms with van der Waals surface area (Å²) in [6.45, 7) is 0. The first-order valence-corrected chi connectivity index (χ1v) is 7.58. The summed E-state index contributed by atoms with van der Waals surface area (Å²) in [5.74, 6) is 0. The molecule has 1 aliphatic rings. The van der Waals surface area contributed by atoms with Crippen LogP contribution in [0.2, 0.25) is 5.02 Å². The first-order valence-electron chi connectivity index (χ1n) is 6.32. The van der Waals surface area contributed by atoms with Gasteiger partial charge >= 0.3 is 0 Å². The van der Waals surface area contributed by atoms with Crippen LogP contribution in [-0.2, 0) is 12.0 Å². The quantitative estimate of drug-likeness (QED) is 0.772. The van der Waals surface area contributed by atoms with E-state index >= 15 is 0 Å². The van der Waals surface area contributed by atoms with Gasteiger partial charge in [0.15, 0.2) is 0 Å². The van der Waals surface area contributed by atoms with Crippen molar-refractivity contribution >= 4 is 22.9 Å². The lowest BCUT2D eigenvalue weighted by Gasteiger charge is -2.30. The zero-order valence-corrected chi connectivity index (χ0v) is 11.7. The number of rotatable bonds is 1. The number of nitrogens with two attached hydrogens (primary N) is 1. The van der Waals surface area contributed by atoms with Gasteiger partial charge in [-0.25, -0.2) is 0 Å².